The van der Waals surface area contributed by atoms with E-state index in [9.17, 15) is 24.0 Å². The minimum absolute atomic E-state index is 0.167. The highest BCUT2D eigenvalue weighted by atomic mass is 16.6. The quantitative estimate of drug-likeness (QED) is 0.290. The van der Waals surface area contributed by atoms with Crippen LogP contribution in [-0.2, 0) is 33.4 Å². The number of allylic oxidation sites excluding steroid dienone is 1. The molecule has 2 N–H and O–H groups in total. The largest absolute Gasteiger partial charge is 0.478 e. The number of aliphatic carboxylic acids is 1. The number of rotatable bonds is 4. The van der Waals surface area contributed by atoms with Crippen molar-refractivity contribution in [3.05, 3.63) is 24.3 Å². The van der Waals surface area contributed by atoms with Gasteiger partial charge in [-0.25, -0.2) is 4.79 Å². The van der Waals surface area contributed by atoms with Gasteiger partial charge in [0.25, 0.3) is 0 Å². The highest BCUT2D eigenvalue weighted by molar-refractivity contribution is 6.04. The van der Waals surface area contributed by atoms with E-state index in [4.69, 9.17) is 19.7 Å². The Bertz CT molecular complexity index is 704. The first-order valence-electron chi connectivity index (χ1n) is 11.2. The summed E-state index contributed by atoms with van der Waals surface area (Å²) in [5, 5.41) is 16.4. The third-order valence-corrected chi connectivity index (χ3v) is 2.02. The number of aliphatic hydroxyl groups is 1. The average Bonchev–Trinajstić information content (AvgIpc) is 2.48. The Labute approximate surface area is 217 Å². The number of ketones is 2. The maximum Gasteiger partial charge on any atom is 0.330 e. The Hall–Kier alpha value is -2.81. The van der Waals surface area contributed by atoms with Crippen LogP contribution in [0.5, 0.6) is 0 Å². The Morgan fingerprint density at radius 2 is 0.917 bits per heavy atom. The number of ether oxygens (including phenoxy) is 2. The van der Waals surface area contributed by atoms with E-state index in [0.29, 0.717) is 5.57 Å². The zero-order valence-electron chi connectivity index (χ0n) is 24.9. The molecule has 0 spiro atoms. The molecule has 0 aliphatic heterocycles. The second-order valence-electron chi connectivity index (χ2n) is 10.8. The van der Waals surface area contributed by atoms with Crippen molar-refractivity contribution >= 4 is 29.5 Å². The van der Waals surface area contributed by atoms with E-state index in [-0.39, 0.29) is 35.1 Å². The number of esters is 2. The molecule has 0 aromatic heterocycles. The van der Waals surface area contributed by atoms with E-state index >= 15 is 0 Å². The Balaban J connectivity index is -0.000000120. The first-order chi connectivity index (χ1) is 15.5. The molecule has 212 valence electrons. The minimum Gasteiger partial charge on any atom is -0.478 e. The fourth-order valence-corrected chi connectivity index (χ4v) is 1.09. The Kier molecular flexibility index (Phi) is 24.5. The molecule has 9 nitrogen and oxygen atoms in total. The molecule has 0 heterocycles. The lowest BCUT2D eigenvalue weighted by atomic mass is 10.1. The molecular weight excluding hydrogens is 468 g/mol. The predicted octanol–water partition coefficient (Wildman–Crippen LogP) is 5.23. The number of carboxylic acid groups (broad SMARTS) is 1. The third-order valence-electron chi connectivity index (χ3n) is 2.02. The van der Waals surface area contributed by atoms with Crippen LogP contribution >= 0.6 is 0 Å². The summed E-state index contributed by atoms with van der Waals surface area (Å²) in [7, 11) is 0. The smallest absolute Gasteiger partial charge is 0.330 e. The normalized spacial score (nSPS) is 9.97. The lowest BCUT2D eigenvalue weighted by Gasteiger charge is -2.19. The molecule has 0 radical (unpaired) electrons. The molecule has 0 bridgehead atoms. The van der Waals surface area contributed by atoms with Gasteiger partial charge < -0.3 is 24.5 Å². The summed E-state index contributed by atoms with van der Waals surface area (Å²) < 4.78 is 9.76. The maximum atomic E-state index is 11.1. The fraction of sp³-hybridized carbons (Fsp3) is 0.667. The fourth-order valence-electron chi connectivity index (χ4n) is 1.09. The van der Waals surface area contributed by atoms with Crippen LogP contribution in [0.2, 0.25) is 0 Å². The number of carbonyl (C=O) groups is 5. The summed E-state index contributed by atoms with van der Waals surface area (Å²) in [5.74, 6) is -1.76. The van der Waals surface area contributed by atoms with E-state index in [2.05, 4.69) is 13.2 Å². The molecule has 0 aliphatic carbocycles. The molecule has 0 rings (SSSR count). The number of Topliss-reactive ketones (excluding diaryl/α,β-unsaturated/α-hetero) is 2. The van der Waals surface area contributed by atoms with E-state index in [0.717, 1.165) is 0 Å². The first-order valence-corrected chi connectivity index (χ1v) is 11.2. The van der Waals surface area contributed by atoms with Crippen molar-refractivity contribution < 1.29 is 43.7 Å². The zero-order chi connectivity index (χ0) is 30.7. The molecule has 0 aromatic carbocycles. The van der Waals surface area contributed by atoms with Gasteiger partial charge in [0, 0.05) is 12.5 Å². The highest BCUT2D eigenvalue weighted by Crippen LogP contribution is 2.09. The van der Waals surface area contributed by atoms with Crippen molar-refractivity contribution in [1.82, 2.24) is 0 Å². The van der Waals surface area contributed by atoms with E-state index in [1.165, 1.54) is 27.7 Å². The van der Waals surface area contributed by atoms with E-state index < -0.39 is 23.1 Å². The van der Waals surface area contributed by atoms with E-state index in [1.54, 1.807) is 48.5 Å². The van der Waals surface area contributed by atoms with Crippen LogP contribution in [0.25, 0.3) is 0 Å². The lowest BCUT2D eigenvalue weighted by molar-refractivity contribution is -0.156. The van der Waals surface area contributed by atoms with Gasteiger partial charge in [-0.15, -0.1) is 0 Å². The Morgan fingerprint density at radius 1 is 0.667 bits per heavy atom. The van der Waals surface area contributed by atoms with Crippen LogP contribution < -0.4 is 0 Å². The van der Waals surface area contributed by atoms with Crippen molar-refractivity contribution in [1.29, 1.82) is 0 Å². The minimum atomic E-state index is -0.935. The molecule has 0 saturated carbocycles. The van der Waals surface area contributed by atoms with Crippen LogP contribution in [0.3, 0.4) is 0 Å². The highest BCUT2D eigenvalue weighted by Gasteiger charge is 2.18. The third kappa shape index (κ3) is 77.2. The van der Waals surface area contributed by atoms with Crippen LogP contribution in [0.15, 0.2) is 24.3 Å². The standard InChI is InChI=1S/C10H16O3.C6H12O2.C4H6O2.C4H10O.C3H6O/c1-7(2)8(11)6-9(12)13-10(3,4)5;1-5(7)8-6(2,3)4;1-3(2)4(5)6;1-4(2,3)5;1-3(2)4/h1,6H2,2-5H3;1-4H3;1H2,2H3,(H,5,6);5H,1-3H3;1-2H3. The number of carboxylic acids is 1. The van der Waals surface area contributed by atoms with Gasteiger partial charge in [0.15, 0.2) is 5.78 Å². The molecule has 0 saturated heterocycles. The molecule has 0 fully saturated rings. The first kappa shape index (κ1) is 43.3. The van der Waals surface area contributed by atoms with Crippen LogP contribution in [0, 0.1) is 0 Å². The van der Waals surface area contributed by atoms with Crippen LogP contribution in [0.1, 0.15) is 103 Å². The second-order valence-corrected chi connectivity index (χ2v) is 10.8. The molecule has 0 aliphatic rings. The predicted molar refractivity (Wildman–Crippen MR) is 143 cm³/mol. The molecule has 0 unspecified atom stereocenters. The topological polar surface area (TPSA) is 144 Å². The Morgan fingerprint density at radius 3 is 1.03 bits per heavy atom. The van der Waals surface area contributed by atoms with Gasteiger partial charge in [-0.2, -0.15) is 0 Å². The number of hydrogen-bond acceptors (Lipinski definition) is 8. The monoisotopic (exact) mass is 518 g/mol. The van der Waals surface area contributed by atoms with Crippen LogP contribution in [-0.4, -0.2) is 56.5 Å². The molecule has 9 heteroatoms. The summed E-state index contributed by atoms with van der Waals surface area (Å²) in [6.07, 6.45) is -0.216. The summed E-state index contributed by atoms with van der Waals surface area (Å²) in [6.45, 7) is 30.1. The van der Waals surface area contributed by atoms with Gasteiger partial charge in [-0.1, -0.05) is 13.2 Å². The number of carbonyl (C=O) groups excluding carboxylic acids is 4. The molecular formula is C27H50O9. The summed E-state index contributed by atoms with van der Waals surface area (Å²) in [6, 6.07) is 0. The molecule has 0 aromatic rings. The van der Waals surface area contributed by atoms with Crippen molar-refractivity contribution in [2.24, 2.45) is 0 Å². The number of hydrogen-bond donors (Lipinski definition) is 2. The van der Waals surface area contributed by atoms with Gasteiger partial charge in [0.05, 0.1) is 5.60 Å². The summed E-state index contributed by atoms with van der Waals surface area (Å²) >= 11 is 0. The van der Waals surface area contributed by atoms with Gasteiger partial charge >= 0.3 is 17.9 Å². The second kappa shape index (κ2) is 20.4. The molecule has 0 atom stereocenters. The maximum absolute atomic E-state index is 11.1. The molecule has 36 heavy (non-hydrogen) atoms. The average molecular weight is 519 g/mol. The zero-order valence-corrected chi connectivity index (χ0v) is 24.9. The van der Waals surface area contributed by atoms with Crippen molar-refractivity contribution in [3.63, 3.8) is 0 Å². The summed E-state index contributed by atoms with van der Waals surface area (Å²) in [5.41, 5.74) is -0.806. The van der Waals surface area contributed by atoms with Crippen LogP contribution in [0.4, 0.5) is 0 Å². The van der Waals surface area contributed by atoms with Gasteiger partial charge in [0.1, 0.15) is 23.4 Å². The summed E-state index contributed by atoms with van der Waals surface area (Å²) in [4.78, 5) is 51.4. The van der Waals surface area contributed by atoms with Crippen molar-refractivity contribution in [2.75, 3.05) is 0 Å². The van der Waals surface area contributed by atoms with Crippen molar-refractivity contribution in [2.45, 2.75) is 120 Å². The van der Waals surface area contributed by atoms with E-state index in [1.807, 2.05) is 20.8 Å². The van der Waals surface area contributed by atoms with Gasteiger partial charge in [0.2, 0.25) is 0 Å². The lowest BCUT2D eigenvalue weighted by Crippen LogP contribution is -2.25. The SMILES string of the molecule is C=C(C)C(=O)CC(=O)OC(C)(C)C.C=C(C)C(=O)O.CC(=O)OC(C)(C)C.CC(C)(C)O.CC(C)=O. The van der Waals surface area contributed by atoms with Gasteiger partial charge in [-0.05, 0) is 95.6 Å². The van der Waals surface area contributed by atoms with Gasteiger partial charge in [-0.3, -0.25) is 14.4 Å². The molecule has 0 amide bonds. The van der Waals surface area contributed by atoms with Crippen molar-refractivity contribution in [3.8, 4) is 0 Å².